The first-order valence-corrected chi connectivity index (χ1v) is 6.49. The molecule has 1 N–H and O–H groups in total. The van der Waals surface area contributed by atoms with Gasteiger partial charge in [-0.25, -0.2) is 0 Å². The molecule has 0 saturated heterocycles. The Labute approximate surface area is 96.3 Å². The van der Waals surface area contributed by atoms with E-state index in [4.69, 9.17) is 0 Å². The summed E-state index contributed by atoms with van der Waals surface area (Å²) < 4.78 is 0. The number of carbonyl (C=O) groups is 1. The van der Waals surface area contributed by atoms with E-state index < -0.39 is 0 Å². The fourth-order valence-corrected chi connectivity index (χ4v) is 2.17. The molecule has 1 atom stereocenters. The highest BCUT2D eigenvalue weighted by atomic mass is 16.1. The van der Waals surface area contributed by atoms with Crippen molar-refractivity contribution in [1.82, 2.24) is 5.32 Å². The van der Waals surface area contributed by atoms with Crippen LogP contribution in [0.5, 0.6) is 0 Å². The highest BCUT2D eigenvalue weighted by Crippen LogP contribution is 2.27. The monoisotopic (exact) mass is 215 g/mol. The molecule has 0 heterocycles. The van der Waals surface area contributed by atoms with Crippen LogP contribution in [0.1, 0.15) is 60.2 Å². The summed E-state index contributed by atoms with van der Waals surface area (Å²) in [6.45, 7) is 4.00. The Morgan fingerprint density at radius 2 is 1.93 bits per heavy atom. The minimum atomic E-state index is 0. The average Bonchev–Trinajstić information content (AvgIpc) is 2.34. The number of hydrogen-bond donors (Lipinski definition) is 1. The molecule has 0 unspecified atom stereocenters. The zero-order chi connectivity index (χ0) is 11.5. The van der Waals surface area contributed by atoms with E-state index in [1.807, 2.05) is 20.9 Å². The van der Waals surface area contributed by atoms with Crippen molar-refractivity contribution in [3.8, 4) is 0 Å². The predicted molar refractivity (Wildman–Crippen MR) is 68.2 cm³/mol. The third-order valence-electron chi connectivity index (χ3n) is 3.15. The molecule has 2 heteroatoms. The Morgan fingerprint density at radius 1 is 1.33 bits per heavy atom. The van der Waals surface area contributed by atoms with E-state index in [2.05, 4.69) is 5.32 Å². The summed E-state index contributed by atoms with van der Waals surface area (Å²) in [5, 5.41) is 3.02. The number of carbonyl (C=O) groups excluding carboxylic acids is 1. The summed E-state index contributed by atoms with van der Waals surface area (Å²) in [5.41, 5.74) is 0. The molecule has 0 radical (unpaired) electrons. The van der Waals surface area contributed by atoms with Crippen LogP contribution in [-0.2, 0) is 4.79 Å². The third-order valence-corrected chi connectivity index (χ3v) is 3.15. The van der Waals surface area contributed by atoms with Crippen LogP contribution in [0.25, 0.3) is 0 Å². The Balaban J connectivity index is 0. The first kappa shape index (κ1) is 14.6. The van der Waals surface area contributed by atoms with Crippen LogP contribution in [0.4, 0.5) is 0 Å². The molecule has 0 aromatic heterocycles. The third kappa shape index (κ3) is 6.67. The van der Waals surface area contributed by atoms with Crippen LogP contribution < -0.4 is 5.32 Å². The van der Waals surface area contributed by atoms with Gasteiger partial charge in [-0.3, -0.25) is 0 Å². The maximum atomic E-state index is 10.5. The van der Waals surface area contributed by atoms with E-state index in [1.54, 1.807) is 0 Å². The van der Waals surface area contributed by atoms with Gasteiger partial charge in [0.15, 0.2) is 0 Å². The van der Waals surface area contributed by atoms with Crippen LogP contribution >= 0.6 is 0 Å². The molecule has 0 aliphatic heterocycles. The van der Waals surface area contributed by atoms with Gasteiger partial charge in [-0.15, -0.1) is 0 Å². The maximum absolute atomic E-state index is 10.5. The summed E-state index contributed by atoms with van der Waals surface area (Å²) in [5.74, 6) is 0.893. The summed E-state index contributed by atoms with van der Waals surface area (Å²) in [6.07, 6.45) is 10.3. The summed E-state index contributed by atoms with van der Waals surface area (Å²) >= 11 is 0. The number of aldehydes is 1. The normalized spacial score (nSPS) is 18.9. The number of rotatable bonds is 5. The van der Waals surface area contributed by atoms with Crippen molar-refractivity contribution in [3.05, 3.63) is 0 Å². The van der Waals surface area contributed by atoms with Gasteiger partial charge in [0.2, 0.25) is 0 Å². The Kier molecular flexibility index (Phi) is 9.91. The highest BCUT2D eigenvalue weighted by molar-refractivity contribution is 5.57. The van der Waals surface area contributed by atoms with Crippen molar-refractivity contribution in [3.63, 3.8) is 0 Å². The molecular formula is C13H29NO. The Morgan fingerprint density at radius 3 is 2.40 bits per heavy atom. The van der Waals surface area contributed by atoms with Crippen molar-refractivity contribution >= 4 is 6.29 Å². The number of likely N-dealkylation sites (N-methyl/N-ethyl adjacent to an activating group) is 1. The standard InChI is InChI=1S/C11H21NO.C2H6.H2/c1-12-11(9-13)8-7-10-5-3-2-4-6-10;1-2;/h9-12H,2-8H2,1H3;1-2H3;1H/t11-;;/m0../s1. The molecule has 15 heavy (non-hydrogen) atoms. The van der Waals surface area contributed by atoms with Crippen LogP contribution in [0.3, 0.4) is 0 Å². The lowest BCUT2D eigenvalue weighted by Crippen LogP contribution is -2.27. The second-order valence-corrected chi connectivity index (χ2v) is 4.11. The van der Waals surface area contributed by atoms with Crippen LogP contribution in [-0.4, -0.2) is 19.4 Å². The molecule has 0 bridgehead atoms. The quantitative estimate of drug-likeness (QED) is 0.712. The highest BCUT2D eigenvalue weighted by Gasteiger charge is 2.14. The lowest BCUT2D eigenvalue weighted by Gasteiger charge is -2.22. The summed E-state index contributed by atoms with van der Waals surface area (Å²) in [4.78, 5) is 10.5. The lowest BCUT2D eigenvalue weighted by atomic mass is 9.85. The van der Waals surface area contributed by atoms with Crippen LogP contribution in [0.15, 0.2) is 0 Å². The van der Waals surface area contributed by atoms with Crippen molar-refractivity contribution in [1.29, 1.82) is 0 Å². The van der Waals surface area contributed by atoms with Crippen LogP contribution in [0, 0.1) is 5.92 Å². The van der Waals surface area contributed by atoms with E-state index in [0.29, 0.717) is 0 Å². The molecule has 1 aliphatic carbocycles. The van der Waals surface area contributed by atoms with E-state index >= 15 is 0 Å². The van der Waals surface area contributed by atoms with Gasteiger partial charge in [-0.1, -0.05) is 46.0 Å². The van der Waals surface area contributed by atoms with Crippen molar-refractivity contribution < 1.29 is 6.22 Å². The zero-order valence-electron chi connectivity index (χ0n) is 10.6. The summed E-state index contributed by atoms with van der Waals surface area (Å²) in [7, 11) is 1.86. The first-order chi connectivity index (χ1) is 7.36. The van der Waals surface area contributed by atoms with Crippen molar-refractivity contribution in [2.24, 2.45) is 5.92 Å². The molecule has 1 rings (SSSR count). The van der Waals surface area contributed by atoms with Gasteiger partial charge in [0.05, 0.1) is 6.04 Å². The minimum absolute atomic E-state index is 0. The topological polar surface area (TPSA) is 29.1 Å². The number of nitrogens with one attached hydrogen (secondary N) is 1. The van der Waals surface area contributed by atoms with Gasteiger partial charge >= 0.3 is 0 Å². The smallest absolute Gasteiger partial charge is 0.136 e. The second kappa shape index (κ2) is 10.2. The van der Waals surface area contributed by atoms with Gasteiger partial charge in [0, 0.05) is 1.43 Å². The minimum Gasteiger partial charge on any atom is -0.311 e. The molecule has 1 fully saturated rings. The molecular weight excluding hydrogens is 186 g/mol. The van der Waals surface area contributed by atoms with E-state index in [9.17, 15) is 4.79 Å². The molecule has 0 aromatic rings. The molecule has 1 aliphatic rings. The molecule has 0 spiro atoms. The number of hydrogen-bond acceptors (Lipinski definition) is 2. The van der Waals surface area contributed by atoms with Crippen LogP contribution in [0.2, 0.25) is 0 Å². The fourth-order valence-electron chi connectivity index (χ4n) is 2.17. The SMILES string of the molecule is CC.CN[C@H](C=O)CCC1CCCCC1.[HH]. The first-order valence-electron chi connectivity index (χ1n) is 6.49. The fraction of sp³-hybridized carbons (Fsp3) is 0.923. The van der Waals surface area contributed by atoms with Gasteiger partial charge in [-0.05, 0) is 25.8 Å². The van der Waals surface area contributed by atoms with E-state index in [1.165, 1.54) is 38.5 Å². The van der Waals surface area contributed by atoms with Gasteiger partial charge in [0.1, 0.15) is 6.29 Å². The van der Waals surface area contributed by atoms with Crippen molar-refractivity contribution in [2.75, 3.05) is 7.05 Å². The van der Waals surface area contributed by atoms with Crippen molar-refractivity contribution in [2.45, 2.75) is 64.8 Å². The molecule has 2 nitrogen and oxygen atoms in total. The largest absolute Gasteiger partial charge is 0.311 e. The molecule has 1 saturated carbocycles. The second-order valence-electron chi connectivity index (χ2n) is 4.11. The van der Waals surface area contributed by atoms with Gasteiger partial charge in [-0.2, -0.15) is 0 Å². The zero-order valence-corrected chi connectivity index (χ0v) is 10.6. The maximum Gasteiger partial charge on any atom is 0.136 e. The lowest BCUT2D eigenvalue weighted by molar-refractivity contribution is -0.109. The Hall–Kier alpha value is -0.370. The summed E-state index contributed by atoms with van der Waals surface area (Å²) in [6, 6.07) is 0.0851. The molecule has 0 amide bonds. The van der Waals surface area contributed by atoms with Gasteiger partial charge < -0.3 is 10.1 Å². The Bertz CT molecular complexity index is 147. The van der Waals surface area contributed by atoms with E-state index in [0.717, 1.165) is 18.6 Å². The predicted octanol–water partition coefficient (Wildman–Crippen LogP) is 3.41. The molecule has 92 valence electrons. The average molecular weight is 215 g/mol. The van der Waals surface area contributed by atoms with E-state index in [-0.39, 0.29) is 7.47 Å². The molecule has 0 aromatic carbocycles. The van der Waals surface area contributed by atoms with Gasteiger partial charge in [0.25, 0.3) is 0 Å².